The first-order valence-corrected chi connectivity index (χ1v) is 9.74. The highest BCUT2D eigenvalue weighted by Gasteiger charge is 2.56. The lowest BCUT2D eigenvalue weighted by molar-refractivity contribution is -0.163. The molecule has 4 atom stereocenters. The number of hydrogen-bond acceptors (Lipinski definition) is 9. The van der Waals surface area contributed by atoms with Crippen LogP contribution in [0, 0.1) is 11.8 Å². The fourth-order valence-corrected chi connectivity index (χ4v) is 4.06. The van der Waals surface area contributed by atoms with Gasteiger partial charge in [0.25, 0.3) is 0 Å². The molecule has 1 fully saturated rings. The molecule has 0 aromatic heterocycles. The van der Waals surface area contributed by atoms with Gasteiger partial charge < -0.3 is 29.3 Å². The summed E-state index contributed by atoms with van der Waals surface area (Å²) in [5.74, 6) is -3.60. The summed E-state index contributed by atoms with van der Waals surface area (Å²) in [4.78, 5) is 25.8. The minimum absolute atomic E-state index is 0.0267. The van der Waals surface area contributed by atoms with E-state index in [1.165, 1.54) is 21.1 Å². The zero-order valence-corrected chi connectivity index (χ0v) is 17.9. The third kappa shape index (κ3) is 4.51. The minimum atomic E-state index is -1.63. The quantitative estimate of drug-likeness (QED) is 0.388. The predicted molar refractivity (Wildman–Crippen MR) is 107 cm³/mol. The Morgan fingerprint density at radius 3 is 2.23 bits per heavy atom. The van der Waals surface area contributed by atoms with Crippen LogP contribution in [0.3, 0.4) is 0 Å². The molecule has 0 unspecified atom stereocenters. The summed E-state index contributed by atoms with van der Waals surface area (Å²) in [7, 11) is 2.95. The van der Waals surface area contributed by atoms with Gasteiger partial charge in [-0.25, -0.2) is 0 Å². The highest BCUT2D eigenvalue weighted by atomic mass is 16.5. The van der Waals surface area contributed by atoms with E-state index in [0.29, 0.717) is 17.1 Å². The van der Waals surface area contributed by atoms with E-state index in [4.69, 9.17) is 18.9 Å². The van der Waals surface area contributed by atoms with Gasteiger partial charge in [0.05, 0.1) is 44.7 Å². The molecule has 1 aromatic rings. The summed E-state index contributed by atoms with van der Waals surface area (Å²) in [6, 6.07) is 4.93. The van der Waals surface area contributed by atoms with Gasteiger partial charge >= 0.3 is 11.9 Å². The number of carbonyl (C=O) groups is 2. The molecule has 0 aliphatic heterocycles. The zero-order valence-electron chi connectivity index (χ0n) is 17.9. The Bertz CT molecular complexity index is 804. The van der Waals surface area contributed by atoms with Crippen LogP contribution in [0.1, 0.15) is 38.7 Å². The molecule has 1 saturated carbocycles. The number of carbonyl (C=O) groups excluding carboxylic acids is 2. The zero-order chi connectivity index (χ0) is 22.5. The molecule has 2 N–H and O–H groups in total. The molecule has 1 aliphatic rings. The van der Waals surface area contributed by atoms with Gasteiger partial charge in [-0.3, -0.25) is 9.59 Å². The number of hydrogen-bond donors (Lipinski definition) is 2. The SMILES string of the molecule is CCOC(=O)[C@H]1/C(=N/O)C[C@](C)(O)[C@@H](C(=O)OCC)[C@H]1c1ccc(OC)c(OC)c1. The number of oxime groups is 1. The van der Waals surface area contributed by atoms with Gasteiger partial charge in [0.15, 0.2) is 11.5 Å². The summed E-state index contributed by atoms with van der Waals surface area (Å²) in [6.07, 6.45) is -0.194. The van der Waals surface area contributed by atoms with Crippen LogP contribution in [0.25, 0.3) is 0 Å². The second-order valence-corrected chi connectivity index (χ2v) is 7.22. The first-order valence-electron chi connectivity index (χ1n) is 9.74. The highest BCUT2D eigenvalue weighted by molar-refractivity contribution is 6.05. The van der Waals surface area contributed by atoms with E-state index in [0.717, 1.165) is 0 Å². The van der Waals surface area contributed by atoms with Crippen molar-refractivity contribution >= 4 is 17.7 Å². The number of nitrogens with zero attached hydrogens (tertiary/aromatic N) is 1. The number of benzene rings is 1. The Morgan fingerprint density at radius 2 is 1.70 bits per heavy atom. The van der Waals surface area contributed by atoms with Crippen molar-refractivity contribution < 1.29 is 38.9 Å². The van der Waals surface area contributed by atoms with E-state index in [9.17, 15) is 19.9 Å². The van der Waals surface area contributed by atoms with E-state index in [1.54, 1.807) is 32.0 Å². The summed E-state index contributed by atoms with van der Waals surface area (Å²) < 4.78 is 21.0. The normalized spacial score (nSPS) is 27.4. The Labute approximate surface area is 175 Å². The summed E-state index contributed by atoms with van der Waals surface area (Å²) in [5.41, 5.74) is -1.10. The molecule has 9 heteroatoms. The summed E-state index contributed by atoms with van der Waals surface area (Å²) in [6.45, 7) is 4.97. The second kappa shape index (κ2) is 9.80. The molecule has 0 saturated heterocycles. The van der Waals surface area contributed by atoms with Gasteiger partial charge in [0, 0.05) is 12.3 Å². The van der Waals surface area contributed by atoms with Gasteiger partial charge in [0.2, 0.25) is 0 Å². The number of aliphatic hydroxyl groups is 1. The van der Waals surface area contributed by atoms with E-state index in [-0.39, 0.29) is 25.3 Å². The van der Waals surface area contributed by atoms with Gasteiger partial charge in [-0.1, -0.05) is 11.2 Å². The predicted octanol–water partition coefficient (Wildman–Crippen LogP) is 2.13. The second-order valence-electron chi connectivity index (χ2n) is 7.22. The van der Waals surface area contributed by atoms with E-state index >= 15 is 0 Å². The van der Waals surface area contributed by atoms with Crippen LogP contribution in [0.15, 0.2) is 23.4 Å². The average molecular weight is 423 g/mol. The minimum Gasteiger partial charge on any atom is -0.493 e. The van der Waals surface area contributed by atoms with Crippen LogP contribution in [0.5, 0.6) is 11.5 Å². The monoisotopic (exact) mass is 423 g/mol. The third-order valence-corrected chi connectivity index (χ3v) is 5.29. The molecule has 0 radical (unpaired) electrons. The molecule has 1 aliphatic carbocycles. The van der Waals surface area contributed by atoms with E-state index < -0.39 is 35.3 Å². The highest BCUT2D eigenvalue weighted by Crippen LogP contribution is 2.48. The smallest absolute Gasteiger partial charge is 0.315 e. The fraction of sp³-hybridized carbons (Fsp3) is 0.571. The lowest BCUT2D eigenvalue weighted by Crippen LogP contribution is -2.55. The lowest BCUT2D eigenvalue weighted by atomic mass is 9.61. The molecular formula is C21H29NO8. The van der Waals surface area contributed by atoms with Gasteiger partial charge in [0.1, 0.15) is 5.92 Å². The van der Waals surface area contributed by atoms with Crippen LogP contribution in [-0.2, 0) is 19.1 Å². The van der Waals surface area contributed by atoms with Gasteiger partial charge in [-0.2, -0.15) is 0 Å². The molecule has 0 bridgehead atoms. The molecular weight excluding hydrogens is 394 g/mol. The van der Waals surface area contributed by atoms with Crippen molar-refractivity contribution in [2.45, 2.75) is 38.7 Å². The largest absolute Gasteiger partial charge is 0.493 e. The molecule has 30 heavy (non-hydrogen) atoms. The number of rotatable bonds is 7. The maximum atomic E-state index is 12.9. The van der Waals surface area contributed by atoms with Crippen molar-refractivity contribution in [1.29, 1.82) is 0 Å². The maximum absolute atomic E-state index is 12.9. The molecule has 1 aromatic carbocycles. The lowest BCUT2D eigenvalue weighted by Gasteiger charge is -2.44. The van der Waals surface area contributed by atoms with Crippen LogP contribution in [-0.4, -0.2) is 61.0 Å². The Kier molecular flexibility index (Phi) is 7.66. The Balaban J connectivity index is 2.73. The van der Waals surface area contributed by atoms with Crippen molar-refractivity contribution in [3.05, 3.63) is 23.8 Å². The standard InChI is InChI=1S/C21H29NO8/c1-6-29-19(23)17-13(22-26)11-21(3,25)18(20(24)30-7-2)16(17)12-8-9-14(27-4)15(10-12)28-5/h8-10,16-18,25-26H,6-7,11H2,1-5H3/b22-13+/t16-,17-,18+,21-/m0/s1. The number of methoxy groups -OCH3 is 2. The summed E-state index contributed by atoms with van der Waals surface area (Å²) >= 11 is 0. The Hall–Kier alpha value is -2.81. The first kappa shape index (κ1) is 23.5. The molecule has 166 valence electrons. The number of ether oxygens (including phenoxy) is 4. The fourth-order valence-electron chi connectivity index (χ4n) is 4.06. The van der Waals surface area contributed by atoms with Crippen LogP contribution >= 0.6 is 0 Å². The van der Waals surface area contributed by atoms with Crippen molar-refractivity contribution in [3.8, 4) is 11.5 Å². The van der Waals surface area contributed by atoms with Crippen LogP contribution in [0.2, 0.25) is 0 Å². The van der Waals surface area contributed by atoms with Gasteiger partial charge in [-0.05, 0) is 38.5 Å². The third-order valence-electron chi connectivity index (χ3n) is 5.29. The Morgan fingerprint density at radius 1 is 1.10 bits per heavy atom. The molecule has 0 heterocycles. The molecule has 0 amide bonds. The van der Waals surface area contributed by atoms with E-state index in [1.807, 2.05) is 0 Å². The number of esters is 2. The van der Waals surface area contributed by atoms with Gasteiger partial charge in [-0.15, -0.1) is 0 Å². The van der Waals surface area contributed by atoms with Crippen LogP contribution < -0.4 is 9.47 Å². The topological polar surface area (TPSA) is 124 Å². The van der Waals surface area contributed by atoms with Crippen molar-refractivity contribution in [2.24, 2.45) is 17.0 Å². The molecule has 0 spiro atoms. The van der Waals surface area contributed by atoms with E-state index in [2.05, 4.69) is 5.16 Å². The maximum Gasteiger partial charge on any atom is 0.315 e. The first-order chi connectivity index (χ1) is 14.2. The average Bonchev–Trinajstić information content (AvgIpc) is 2.71. The van der Waals surface area contributed by atoms with Crippen molar-refractivity contribution in [1.82, 2.24) is 0 Å². The van der Waals surface area contributed by atoms with Crippen molar-refractivity contribution in [2.75, 3.05) is 27.4 Å². The summed E-state index contributed by atoms with van der Waals surface area (Å²) in [5, 5.41) is 24.0. The molecule has 9 nitrogen and oxygen atoms in total. The van der Waals surface area contributed by atoms with Crippen molar-refractivity contribution in [3.63, 3.8) is 0 Å². The van der Waals surface area contributed by atoms with Crippen LogP contribution in [0.4, 0.5) is 0 Å². The molecule has 2 rings (SSSR count).